The average molecular weight is 220 g/mol. The van der Waals surface area contributed by atoms with Crippen LogP contribution >= 0.6 is 0 Å². The van der Waals surface area contributed by atoms with Crippen LogP contribution in [0.2, 0.25) is 0 Å². The first-order valence-electron chi connectivity index (χ1n) is 6.16. The summed E-state index contributed by atoms with van der Waals surface area (Å²) < 4.78 is 0. The van der Waals surface area contributed by atoms with E-state index in [1.165, 1.54) is 12.8 Å². The first-order chi connectivity index (χ1) is 7.83. The number of hydrogen-bond donors (Lipinski definition) is 2. The first kappa shape index (κ1) is 11.2. The fourth-order valence-corrected chi connectivity index (χ4v) is 1.85. The molecule has 0 amide bonds. The normalized spacial score (nSPS) is 22.9. The van der Waals surface area contributed by atoms with Crippen molar-refractivity contribution >= 4 is 11.6 Å². The molecule has 0 radical (unpaired) electrons. The van der Waals surface area contributed by atoms with Gasteiger partial charge in [-0.15, -0.1) is 0 Å². The molecule has 1 aliphatic carbocycles. The molecule has 0 aromatic carbocycles. The average Bonchev–Trinajstić information content (AvgIpc) is 3.05. The van der Waals surface area contributed by atoms with Crippen molar-refractivity contribution in [1.82, 2.24) is 9.97 Å². The molecule has 1 saturated carbocycles. The Bertz CT molecular complexity index is 340. The van der Waals surface area contributed by atoms with E-state index in [2.05, 4.69) is 34.4 Å². The van der Waals surface area contributed by atoms with Gasteiger partial charge in [0, 0.05) is 18.7 Å². The minimum atomic E-state index is 0.624. The van der Waals surface area contributed by atoms with Gasteiger partial charge in [0.1, 0.15) is 18.0 Å². The van der Waals surface area contributed by atoms with Crippen LogP contribution in [-0.4, -0.2) is 22.6 Å². The lowest BCUT2D eigenvalue weighted by atomic mass is 10.3. The van der Waals surface area contributed by atoms with Crippen molar-refractivity contribution in [3.8, 4) is 0 Å². The summed E-state index contributed by atoms with van der Waals surface area (Å²) in [7, 11) is 0. The van der Waals surface area contributed by atoms with Gasteiger partial charge in [0.15, 0.2) is 0 Å². The number of rotatable bonds is 6. The van der Waals surface area contributed by atoms with Gasteiger partial charge in [-0.25, -0.2) is 9.97 Å². The van der Waals surface area contributed by atoms with Crippen LogP contribution in [0.15, 0.2) is 12.4 Å². The summed E-state index contributed by atoms with van der Waals surface area (Å²) >= 11 is 0. The summed E-state index contributed by atoms with van der Waals surface area (Å²) in [6, 6.07) is 2.61. The predicted molar refractivity (Wildman–Crippen MR) is 66.6 cm³/mol. The predicted octanol–water partition coefficient (Wildman–Crippen LogP) is 2.51. The highest BCUT2D eigenvalue weighted by molar-refractivity contribution is 5.47. The summed E-state index contributed by atoms with van der Waals surface area (Å²) in [6.07, 6.45) is 5.25. The summed E-state index contributed by atoms with van der Waals surface area (Å²) in [5.74, 6) is 2.68. The van der Waals surface area contributed by atoms with Crippen molar-refractivity contribution < 1.29 is 0 Å². The third-order valence-corrected chi connectivity index (χ3v) is 3.00. The lowest BCUT2D eigenvalue weighted by Gasteiger charge is -2.07. The van der Waals surface area contributed by atoms with Gasteiger partial charge in [0.05, 0.1) is 0 Å². The van der Waals surface area contributed by atoms with Crippen LogP contribution in [0.25, 0.3) is 0 Å². The second-order valence-corrected chi connectivity index (χ2v) is 4.37. The van der Waals surface area contributed by atoms with Crippen LogP contribution in [0.3, 0.4) is 0 Å². The van der Waals surface area contributed by atoms with Crippen LogP contribution in [0.4, 0.5) is 11.6 Å². The van der Waals surface area contributed by atoms with Gasteiger partial charge in [-0.3, -0.25) is 0 Å². The Hall–Kier alpha value is -1.32. The van der Waals surface area contributed by atoms with E-state index in [0.29, 0.717) is 6.04 Å². The highest BCUT2D eigenvalue weighted by atomic mass is 15.1. The molecule has 0 saturated heterocycles. The van der Waals surface area contributed by atoms with E-state index >= 15 is 0 Å². The molecule has 2 rings (SSSR count). The maximum atomic E-state index is 4.23. The monoisotopic (exact) mass is 220 g/mol. The molecule has 0 aliphatic heterocycles. The van der Waals surface area contributed by atoms with E-state index in [9.17, 15) is 0 Å². The molecule has 1 aromatic rings. The van der Waals surface area contributed by atoms with E-state index in [4.69, 9.17) is 0 Å². The number of aromatic nitrogens is 2. The fraction of sp³-hybridized carbons (Fsp3) is 0.667. The fourth-order valence-electron chi connectivity index (χ4n) is 1.85. The molecule has 4 heteroatoms. The van der Waals surface area contributed by atoms with Gasteiger partial charge in [-0.05, 0) is 18.8 Å². The van der Waals surface area contributed by atoms with Crippen LogP contribution in [-0.2, 0) is 0 Å². The smallest absolute Gasteiger partial charge is 0.131 e. The van der Waals surface area contributed by atoms with Crippen LogP contribution in [0.1, 0.15) is 33.1 Å². The molecular weight excluding hydrogens is 200 g/mol. The molecular formula is C12H20N4. The molecule has 4 nitrogen and oxygen atoms in total. The number of anilines is 2. The van der Waals surface area contributed by atoms with Gasteiger partial charge in [0.25, 0.3) is 0 Å². The van der Waals surface area contributed by atoms with Gasteiger partial charge in [0.2, 0.25) is 0 Å². The lowest BCUT2D eigenvalue weighted by Crippen LogP contribution is -2.08. The van der Waals surface area contributed by atoms with Crippen molar-refractivity contribution in [3.63, 3.8) is 0 Å². The minimum Gasteiger partial charge on any atom is -0.370 e. The zero-order valence-electron chi connectivity index (χ0n) is 10.0. The van der Waals surface area contributed by atoms with Crippen molar-refractivity contribution in [2.75, 3.05) is 17.2 Å². The Morgan fingerprint density at radius 1 is 1.31 bits per heavy atom. The molecule has 88 valence electrons. The molecule has 2 N–H and O–H groups in total. The van der Waals surface area contributed by atoms with E-state index in [-0.39, 0.29) is 0 Å². The standard InChI is InChI=1S/C12H20N4/c1-3-5-13-11-7-12(15-8-14-11)16-10-6-9(10)4-2/h7-10H,3-6H2,1-2H3,(H2,13,14,15,16). The lowest BCUT2D eigenvalue weighted by molar-refractivity contribution is 0.773. The molecule has 16 heavy (non-hydrogen) atoms. The van der Waals surface area contributed by atoms with Crippen molar-refractivity contribution in [2.24, 2.45) is 5.92 Å². The van der Waals surface area contributed by atoms with Gasteiger partial charge in [-0.2, -0.15) is 0 Å². The molecule has 1 fully saturated rings. The zero-order chi connectivity index (χ0) is 11.4. The molecule has 0 spiro atoms. The first-order valence-corrected chi connectivity index (χ1v) is 6.16. The minimum absolute atomic E-state index is 0.624. The Morgan fingerprint density at radius 2 is 2.12 bits per heavy atom. The number of nitrogens with one attached hydrogen (secondary N) is 2. The summed E-state index contributed by atoms with van der Waals surface area (Å²) in [5.41, 5.74) is 0. The molecule has 1 aliphatic rings. The van der Waals surface area contributed by atoms with Crippen molar-refractivity contribution in [2.45, 2.75) is 39.2 Å². The Labute approximate surface area is 96.9 Å². The number of nitrogens with zero attached hydrogens (tertiary/aromatic N) is 2. The maximum absolute atomic E-state index is 4.23. The summed E-state index contributed by atoms with van der Waals surface area (Å²) in [6.45, 7) is 5.33. The van der Waals surface area contributed by atoms with Crippen molar-refractivity contribution in [3.05, 3.63) is 12.4 Å². The SMILES string of the molecule is CCCNc1cc(NC2CC2CC)ncn1. The van der Waals surface area contributed by atoms with Gasteiger partial charge in [-0.1, -0.05) is 20.3 Å². The maximum Gasteiger partial charge on any atom is 0.131 e. The molecule has 0 bridgehead atoms. The van der Waals surface area contributed by atoms with Gasteiger partial charge < -0.3 is 10.6 Å². The zero-order valence-corrected chi connectivity index (χ0v) is 10.0. The molecule has 2 unspecified atom stereocenters. The van der Waals surface area contributed by atoms with E-state index < -0.39 is 0 Å². The van der Waals surface area contributed by atoms with Crippen molar-refractivity contribution in [1.29, 1.82) is 0 Å². The highest BCUT2D eigenvalue weighted by Crippen LogP contribution is 2.35. The Kier molecular flexibility index (Phi) is 3.59. The quantitative estimate of drug-likeness (QED) is 0.773. The highest BCUT2D eigenvalue weighted by Gasteiger charge is 2.35. The molecule has 1 aromatic heterocycles. The van der Waals surface area contributed by atoms with E-state index in [1.54, 1.807) is 6.33 Å². The Morgan fingerprint density at radius 3 is 2.81 bits per heavy atom. The molecule has 1 heterocycles. The number of hydrogen-bond acceptors (Lipinski definition) is 4. The summed E-state index contributed by atoms with van der Waals surface area (Å²) in [4.78, 5) is 8.42. The Balaban J connectivity index is 1.89. The van der Waals surface area contributed by atoms with Crippen LogP contribution in [0.5, 0.6) is 0 Å². The summed E-state index contributed by atoms with van der Waals surface area (Å²) in [5, 5.41) is 6.71. The largest absolute Gasteiger partial charge is 0.370 e. The van der Waals surface area contributed by atoms with E-state index in [1.807, 2.05) is 6.07 Å². The second-order valence-electron chi connectivity index (χ2n) is 4.37. The molecule has 2 atom stereocenters. The van der Waals surface area contributed by atoms with Crippen LogP contribution in [0, 0.1) is 5.92 Å². The topological polar surface area (TPSA) is 49.8 Å². The van der Waals surface area contributed by atoms with E-state index in [0.717, 1.165) is 30.5 Å². The van der Waals surface area contributed by atoms with Crippen LogP contribution < -0.4 is 10.6 Å². The third kappa shape index (κ3) is 2.84. The second kappa shape index (κ2) is 5.14. The third-order valence-electron chi connectivity index (χ3n) is 3.00. The van der Waals surface area contributed by atoms with Gasteiger partial charge >= 0.3 is 0 Å².